The summed E-state index contributed by atoms with van der Waals surface area (Å²) in [6, 6.07) is 0. The topological polar surface area (TPSA) is 0 Å². The van der Waals surface area contributed by atoms with E-state index in [9.17, 15) is 0 Å². The van der Waals surface area contributed by atoms with E-state index in [1.54, 1.807) is 0 Å². The minimum absolute atomic E-state index is 0.102. The van der Waals surface area contributed by atoms with E-state index in [-0.39, 0.29) is 10.9 Å². The third-order valence-corrected chi connectivity index (χ3v) is 7.99. The molecule has 0 aliphatic carbocycles. The third-order valence-electron chi connectivity index (χ3n) is 1.68. The molecule has 1 saturated heterocycles. The zero-order valence-electron chi connectivity index (χ0n) is 6.27. The van der Waals surface area contributed by atoms with Gasteiger partial charge in [-0.1, -0.05) is 12.2 Å². The lowest BCUT2D eigenvalue weighted by Crippen LogP contribution is -2.04. The van der Waals surface area contributed by atoms with E-state index in [1.165, 1.54) is 17.9 Å². The normalized spacial score (nSPS) is 28.2. The van der Waals surface area contributed by atoms with Crippen LogP contribution < -0.4 is 0 Å². The molecule has 0 nitrogen and oxygen atoms in total. The van der Waals surface area contributed by atoms with Crippen LogP contribution in [0.15, 0.2) is 23.0 Å². The van der Waals surface area contributed by atoms with Crippen LogP contribution in [0.5, 0.6) is 0 Å². The Morgan fingerprint density at radius 2 is 1.73 bits per heavy atom. The fourth-order valence-corrected chi connectivity index (χ4v) is 7.14. The summed E-state index contributed by atoms with van der Waals surface area (Å²) in [6.45, 7) is 0. The van der Waals surface area contributed by atoms with Crippen molar-refractivity contribution >= 4 is 34.4 Å². The first kappa shape index (κ1) is 8.14. The van der Waals surface area contributed by atoms with E-state index in [0.29, 0.717) is 0 Å². The van der Waals surface area contributed by atoms with Gasteiger partial charge in [0.2, 0.25) is 0 Å². The molecule has 2 rings (SSSR count). The molecule has 0 atom stereocenters. The summed E-state index contributed by atoms with van der Waals surface area (Å²) in [5.74, 6) is 2.75. The molecule has 1 fully saturated rings. The highest BCUT2D eigenvalue weighted by Crippen LogP contribution is 2.51. The Balaban J connectivity index is 1.92. The molecule has 0 amide bonds. The van der Waals surface area contributed by atoms with Gasteiger partial charge in [-0.25, -0.2) is 0 Å². The summed E-state index contributed by atoms with van der Waals surface area (Å²) in [5, 5.41) is 4.76. The summed E-state index contributed by atoms with van der Waals surface area (Å²) in [7, 11) is 0.102. The zero-order chi connectivity index (χ0) is 7.52. The van der Waals surface area contributed by atoms with Gasteiger partial charge < -0.3 is 0 Å². The van der Waals surface area contributed by atoms with E-state index in [0.717, 1.165) is 3.91 Å². The summed E-state index contributed by atoms with van der Waals surface area (Å²) in [6.07, 6.45) is 5.80. The molecule has 0 N–H and O–H groups in total. The van der Waals surface area contributed by atoms with Gasteiger partial charge in [0.05, 0.1) is 3.91 Å². The first-order chi connectivity index (χ1) is 5.47. The number of hydrogen-bond acceptors (Lipinski definition) is 2. The Morgan fingerprint density at radius 1 is 1.09 bits per heavy atom. The summed E-state index contributed by atoms with van der Waals surface area (Å²) in [4.78, 5) is 0. The van der Waals surface area contributed by atoms with E-state index >= 15 is 0 Å². The largest absolute Gasteiger partial charge is 0.192 e. The minimum atomic E-state index is 0.102. The Hall–Kier alpha value is 0.530. The van der Waals surface area contributed by atoms with E-state index in [2.05, 4.69) is 46.5 Å². The number of thioether (sulfide) groups is 2. The van der Waals surface area contributed by atoms with E-state index in [4.69, 9.17) is 0 Å². The van der Waals surface area contributed by atoms with Gasteiger partial charge in [-0.05, 0) is 28.7 Å². The van der Waals surface area contributed by atoms with Gasteiger partial charge in [-0.15, -0.1) is 23.5 Å². The van der Waals surface area contributed by atoms with Crippen LogP contribution in [0.3, 0.4) is 0 Å². The molecule has 0 aromatic carbocycles. The molecule has 0 spiro atoms. The van der Waals surface area contributed by atoms with Crippen LogP contribution in [-0.4, -0.2) is 15.4 Å². The van der Waals surface area contributed by atoms with Crippen LogP contribution in [0.2, 0.25) is 0 Å². The maximum Gasteiger partial charge on any atom is 0.0846 e. The van der Waals surface area contributed by atoms with Crippen molar-refractivity contribution in [1.82, 2.24) is 0 Å². The first-order valence-electron chi connectivity index (χ1n) is 3.82. The Labute approximate surface area is 79.2 Å². The van der Waals surface area contributed by atoms with Crippen molar-refractivity contribution in [2.75, 3.05) is 11.5 Å². The number of allylic oxidation sites excluding steroid dienone is 2. The Kier molecular flexibility index (Phi) is 2.94. The molecule has 2 heterocycles. The predicted molar refractivity (Wildman–Crippen MR) is 60.6 cm³/mol. The van der Waals surface area contributed by atoms with Crippen molar-refractivity contribution in [2.45, 2.75) is 10.3 Å². The highest BCUT2D eigenvalue weighted by atomic mass is 32.3. The molecule has 0 unspecified atom stereocenters. The van der Waals surface area contributed by atoms with Crippen LogP contribution >= 0.6 is 34.4 Å². The second-order valence-electron chi connectivity index (χ2n) is 2.53. The monoisotopic (exact) mass is 204 g/mol. The fraction of sp³-hybridized carbons (Fsp3) is 0.500. The van der Waals surface area contributed by atoms with Gasteiger partial charge in [0.1, 0.15) is 0 Å². The molecule has 2 aliphatic heterocycles. The quantitative estimate of drug-likeness (QED) is 0.652. The average molecular weight is 204 g/mol. The van der Waals surface area contributed by atoms with Gasteiger partial charge in [-0.3, -0.25) is 0 Å². The SMILES string of the molecule is C1=C[SH](C2SCCCS2)C=C1. The van der Waals surface area contributed by atoms with Gasteiger partial charge >= 0.3 is 0 Å². The Bertz CT molecular complexity index is 168. The Morgan fingerprint density at radius 3 is 2.36 bits per heavy atom. The van der Waals surface area contributed by atoms with Crippen LogP contribution in [0.25, 0.3) is 0 Å². The summed E-state index contributed by atoms with van der Waals surface area (Å²) in [5.41, 5.74) is 0. The van der Waals surface area contributed by atoms with Crippen molar-refractivity contribution in [2.24, 2.45) is 0 Å². The highest BCUT2D eigenvalue weighted by molar-refractivity contribution is 8.41. The summed E-state index contributed by atoms with van der Waals surface area (Å²) < 4.78 is 0.869. The molecule has 3 heteroatoms. The van der Waals surface area contributed by atoms with Crippen molar-refractivity contribution in [3.8, 4) is 0 Å². The lowest BCUT2D eigenvalue weighted by atomic mass is 10.6. The number of hydrogen-bond donors (Lipinski definition) is 1. The van der Waals surface area contributed by atoms with Crippen LogP contribution in [0, 0.1) is 0 Å². The van der Waals surface area contributed by atoms with Gasteiger partial charge in [0, 0.05) is 0 Å². The number of rotatable bonds is 1. The second kappa shape index (κ2) is 3.97. The van der Waals surface area contributed by atoms with Crippen molar-refractivity contribution in [3.63, 3.8) is 0 Å². The van der Waals surface area contributed by atoms with Crippen LogP contribution in [0.4, 0.5) is 0 Å². The number of thiol groups is 1. The van der Waals surface area contributed by atoms with E-state index < -0.39 is 0 Å². The molecule has 11 heavy (non-hydrogen) atoms. The van der Waals surface area contributed by atoms with Gasteiger partial charge in [0.25, 0.3) is 0 Å². The molecule has 0 bridgehead atoms. The predicted octanol–water partition coefficient (Wildman–Crippen LogP) is 3.18. The molecule has 0 aromatic rings. The van der Waals surface area contributed by atoms with Gasteiger partial charge in [0.15, 0.2) is 0 Å². The molecular weight excluding hydrogens is 192 g/mol. The second-order valence-corrected chi connectivity index (χ2v) is 7.96. The maximum atomic E-state index is 2.38. The van der Waals surface area contributed by atoms with Crippen molar-refractivity contribution in [1.29, 1.82) is 0 Å². The smallest absolute Gasteiger partial charge is 0.0846 e. The van der Waals surface area contributed by atoms with Crippen LogP contribution in [0.1, 0.15) is 6.42 Å². The third kappa shape index (κ3) is 2.01. The lowest BCUT2D eigenvalue weighted by molar-refractivity contribution is 1.12. The van der Waals surface area contributed by atoms with Crippen molar-refractivity contribution < 1.29 is 0 Å². The minimum Gasteiger partial charge on any atom is -0.192 e. The molecule has 0 saturated carbocycles. The van der Waals surface area contributed by atoms with E-state index in [1.807, 2.05) is 0 Å². The highest BCUT2D eigenvalue weighted by Gasteiger charge is 2.18. The first-order valence-corrected chi connectivity index (χ1v) is 7.47. The average Bonchev–Trinajstić information content (AvgIpc) is 2.58. The summed E-state index contributed by atoms with van der Waals surface area (Å²) >= 11 is 4.30. The maximum absolute atomic E-state index is 2.38. The molecule has 62 valence electrons. The van der Waals surface area contributed by atoms with Gasteiger partial charge in [-0.2, -0.15) is 10.9 Å². The molecular formula is C8H12S3. The zero-order valence-corrected chi connectivity index (χ0v) is 8.80. The standard InChI is InChI=1S/C8H12S3/c1-2-7-11(6-1)8-9-4-3-5-10-8/h1-2,6-8,11H,3-5H2. The van der Waals surface area contributed by atoms with Crippen LogP contribution in [-0.2, 0) is 0 Å². The molecule has 0 radical (unpaired) electrons. The fourth-order valence-electron chi connectivity index (χ4n) is 1.14. The molecule has 0 aromatic heterocycles. The lowest BCUT2D eigenvalue weighted by Gasteiger charge is -2.26. The molecule has 2 aliphatic rings. The van der Waals surface area contributed by atoms with Crippen molar-refractivity contribution in [3.05, 3.63) is 23.0 Å².